The maximum absolute atomic E-state index is 12.7. The molecule has 0 aromatic heterocycles. The predicted octanol–water partition coefficient (Wildman–Crippen LogP) is 1.26. The summed E-state index contributed by atoms with van der Waals surface area (Å²) in [5.41, 5.74) is 5.73. The first-order valence-electron chi connectivity index (χ1n) is 7.57. The van der Waals surface area contributed by atoms with Gasteiger partial charge in [-0.3, -0.25) is 9.59 Å². The summed E-state index contributed by atoms with van der Waals surface area (Å²) < 4.78 is 15.8. The molecule has 1 aromatic rings. The molecule has 2 amide bonds. The number of amides is 2. The molecule has 0 bridgehead atoms. The molecule has 2 atom stereocenters. The fourth-order valence-corrected chi connectivity index (χ4v) is 2.81. The topological polar surface area (TPSA) is 99.9 Å². The SMILES string of the molecule is COc1ccc(C(=O)N[C@@H]2CC=CC[C@H]2C(N)=O)c(OC)c1OC. The van der Waals surface area contributed by atoms with E-state index in [0.29, 0.717) is 29.9 Å². The highest BCUT2D eigenvalue weighted by molar-refractivity contribution is 5.98. The molecule has 2 rings (SSSR count). The molecular weight excluding hydrogens is 312 g/mol. The van der Waals surface area contributed by atoms with Gasteiger partial charge in [-0.2, -0.15) is 0 Å². The number of nitrogens with one attached hydrogen (secondary N) is 1. The highest BCUT2D eigenvalue weighted by Gasteiger charge is 2.30. The molecule has 0 fully saturated rings. The van der Waals surface area contributed by atoms with Crippen molar-refractivity contribution in [2.24, 2.45) is 11.7 Å². The van der Waals surface area contributed by atoms with E-state index in [9.17, 15) is 9.59 Å². The number of allylic oxidation sites excluding steroid dienone is 1. The van der Waals surface area contributed by atoms with E-state index in [2.05, 4.69) is 5.32 Å². The van der Waals surface area contributed by atoms with Crippen LogP contribution in [0.1, 0.15) is 23.2 Å². The first kappa shape index (κ1) is 17.7. The Morgan fingerprint density at radius 1 is 1.04 bits per heavy atom. The molecule has 0 spiro atoms. The minimum absolute atomic E-state index is 0.274. The molecule has 1 aliphatic carbocycles. The van der Waals surface area contributed by atoms with Gasteiger partial charge in [-0.05, 0) is 25.0 Å². The summed E-state index contributed by atoms with van der Waals surface area (Å²) in [6.07, 6.45) is 4.89. The number of primary amides is 1. The Hall–Kier alpha value is -2.70. The Balaban J connectivity index is 2.29. The molecule has 7 heteroatoms. The highest BCUT2D eigenvalue weighted by atomic mass is 16.5. The zero-order chi connectivity index (χ0) is 17.7. The number of carbonyl (C=O) groups excluding carboxylic acids is 2. The highest BCUT2D eigenvalue weighted by Crippen LogP contribution is 2.39. The lowest BCUT2D eigenvalue weighted by atomic mass is 9.88. The van der Waals surface area contributed by atoms with Gasteiger partial charge in [-0.15, -0.1) is 0 Å². The van der Waals surface area contributed by atoms with E-state index in [1.165, 1.54) is 21.3 Å². The van der Waals surface area contributed by atoms with Gasteiger partial charge in [-0.1, -0.05) is 12.2 Å². The van der Waals surface area contributed by atoms with Crippen LogP contribution in [0.25, 0.3) is 0 Å². The molecule has 0 aliphatic heterocycles. The van der Waals surface area contributed by atoms with Crippen LogP contribution in [0.2, 0.25) is 0 Å². The van der Waals surface area contributed by atoms with Gasteiger partial charge >= 0.3 is 0 Å². The molecule has 7 nitrogen and oxygen atoms in total. The first-order chi connectivity index (χ1) is 11.5. The van der Waals surface area contributed by atoms with E-state index in [0.717, 1.165) is 0 Å². The summed E-state index contributed by atoms with van der Waals surface area (Å²) in [5, 5.41) is 2.86. The van der Waals surface area contributed by atoms with Crippen LogP contribution in [0.4, 0.5) is 0 Å². The number of rotatable bonds is 6. The fraction of sp³-hybridized carbons (Fsp3) is 0.412. The van der Waals surface area contributed by atoms with Gasteiger partial charge in [0.15, 0.2) is 11.5 Å². The zero-order valence-corrected chi connectivity index (χ0v) is 14.0. The third-order valence-electron chi connectivity index (χ3n) is 4.06. The van der Waals surface area contributed by atoms with Crippen LogP contribution >= 0.6 is 0 Å². The van der Waals surface area contributed by atoms with Crippen molar-refractivity contribution in [3.63, 3.8) is 0 Å². The summed E-state index contributed by atoms with van der Waals surface area (Å²) in [7, 11) is 4.42. The van der Waals surface area contributed by atoms with Crippen LogP contribution < -0.4 is 25.3 Å². The van der Waals surface area contributed by atoms with E-state index >= 15 is 0 Å². The van der Waals surface area contributed by atoms with E-state index < -0.39 is 11.8 Å². The summed E-state index contributed by atoms with van der Waals surface area (Å²) in [4.78, 5) is 24.2. The molecule has 130 valence electrons. The van der Waals surface area contributed by atoms with Crippen molar-refractivity contribution in [1.82, 2.24) is 5.32 Å². The van der Waals surface area contributed by atoms with Crippen molar-refractivity contribution in [2.75, 3.05) is 21.3 Å². The lowest BCUT2D eigenvalue weighted by molar-refractivity contribution is -0.122. The number of hydrogen-bond donors (Lipinski definition) is 2. The van der Waals surface area contributed by atoms with E-state index in [4.69, 9.17) is 19.9 Å². The van der Waals surface area contributed by atoms with Crippen LogP contribution in [-0.2, 0) is 4.79 Å². The van der Waals surface area contributed by atoms with Gasteiger partial charge in [0.05, 0.1) is 32.8 Å². The molecule has 0 saturated carbocycles. The lowest BCUT2D eigenvalue weighted by Crippen LogP contribution is -2.46. The Morgan fingerprint density at radius 2 is 1.71 bits per heavy atom. The van der Waals surface area contributed by atoms with Gasteiger partial charge in [0.1, 0.15) is 0 Å². The molecular formula is C17H22N2O5. The Bertz CT molecular complexity index is 657. The smallest absolute Gasteiger partial charge is 0.255 e. The van der Waals surface area contributed by atoms with Crippen LogP contribution in [0, 0.1) is 5.92 Å². The fourth-order valence-electron chi connectivity index (χ4n) is 2.81. The van der Waals surface area contributed by atoms with Crippen LogP contribution in [0.15, 0.2) is 24.3 Å². The molecule has 0 heterocycles. The van der Waals surface area contributed by atoms with Crippen molar-refractivity contribution in [1.29, 1.82) is 0 Å². The maximum Gasteiger partial charge on any atom is 0.255 e. The summed E-state index contributed by atoms with van der Waals surface area (Å²) in [6, 6.07) is 2.87. The first-order valence-corrected chi connectivity index (χ1v) is 7.57. The van der Waals surface area contributed by atoms with E-state index in [1.54, 1.807) is 12.1 Å². The second kappa shape index (κ2) is 7.72. The van der Waals surface area contributed by atoms with Crippen molar-refractivity contribution < 1.29 is 23.8 Å². The summed E-state index contributed by atoms with van der Waals surface area (Å²) >= 11 is 0. The number of nitrogens with two attached hydrogens (primary N) is 1. The predicted molar refractivity (Wildman–Crippen MR) is 88.4 cm³/mol. The minimum atomic E-state index is -0.427. The monoisotopic (exact) mass is 334 g/mol. The van der Waals surface area contributed by atoms with Crippen molar-refractivity contribution in [2.45, 2.75) is 18.9 Å². The number of hydrogen-bond acceptors (Lipinski definition) is 5. The number of carbonyl (C=O) groups is 2. The summed E-state index contributed by atoms with van der Waals surface area (Å²) in [6.45, 7) is 0. The maximum atomic E-state index is 12.7. The van der Waals surface area contributed by atoms with Crippen LogP contribution in [0.3, 0.4) is 0 Å². The molecule has 1 aliphatic rings. The largest absolute Gasteiger partial charge is 0.493 e. The van der Waals surface area contributed by atoms with E-state index in [-0.39, 0.29) is 17.7 Å². The quantitative estimate of drug-likeness (QED) is 0.763. The Labute approximate surface area is 140 Å². The molecule has 24 heavy (non-hydrogen) atoms. The van der Waals surface area contributed by atoms with Crippen molar-refractivity contribution in [3.05, 3.63) is 29.8 Å². The number of ether oxygens (including phenoxy) is 3. The average molecular weight is 334 g/mol. The number of benzene rings is 1. The van der Waals surface area contributed by atoms with Gasteiger partial charge in [0, 0.05) is 6.04 Å². The average Bonchev–Trinajstić information content (AvgIpc) is 2.60. The lowest BCUT2D eigenvalue weighted by Gasteiger charge is -2.27. The Morgan fingerprint density at radius 3 is 2.29 bits per heavy atom. The second-order valence-electron chi connectivity index (χ2n) is 5.41. The van der Waals surface area contributed by atoms with Crippen LogP contribution in [-0.4, -0.2) is 39.2 Å². The van der Waals surface area contributed by atoms with E-state index in [1.807, 2.05) is 12.2 Å². The normalized spacial score (nSPS) is 19.5. The molecule has 1 aromatic carbocycles. The minimum Gasteiger partial charge on any atom is -0.493 e. The van der Waals surface area contributed by atoms with Crippen LogP contribution in [0.5, 0.6) is 17.2 Å². The number of methoxy groups -OCH3 is 3. The molecule has 0 unspecified atom stereocenters. The van der Waals surface area contributed by atoms with Gasteiger partial charge in [0.25, 0.3) is 5.91 Å². The standard InChI is InChI=1S/C17H22N2O5/c1-22-13-9-8-11(14(23-2)15(13)24-3)17(21)19-12-7-5-4-6-10(12)16(18)20/h4-5,8-10,12H,6-7H2,1-3H3,(H2,18,20)(H,19,21)/t10-,12-/m1/s1. The molecule has 0 radical (unpaired) electrons. The zero-order valence-electron chi connectivity index (χ0n) is 14.0. The van der Waals surface area contributed by atoms with Crippen molar-refractivity contribution in [3.8, 4) is 17.2 Å². The van der Waals surface area contributed by atoms with Gasteiger partial charge in [-0.25, -0.2) is 0 Å². The van der Waals surface area contributed by atoms with Gasteiger partial charge in [0.2, 0.25) is 11.7 Å². The molecule has 0 saturated heterocycles. The molecule has 3 N–H and O–H groups in total. The third-order valence-corrected chi connectivity index (χ3v) is 4.06. The van der Waals surface area contributed by atoms with Crippen molar-refractivity contribution >= 4 is 11.8 Å². The second-order valence-corrected chi connectivity index (χ2v) is 5.41. The third kappa shape index (κ3) is 3.45. The Kier molecular flexibility index (Phi) is 5.68. The summed E-state index contributed by atoms with van der Waals surface area (Å²) in [5.74, 6) is -0.145. The van der Waals surface area contributed by atoms with Gasteiger partial charge < -0.3 is 25.3 Å².